The van der Waals surface area contributed by atoms with Crippen LogP contribution in [0, 0.1) is 0 Å². The molecule has 0 saturated heterocycles. The molecule has 0 N–H and O–H groups in total. The van der Waals surface area contributed by atoms with Gasteiger partial charge in [-0.15, -0.1) is 22.7 Å². The number of fused-ring (bicyclic) bond motifs is 14. The molecular weight excluding hydrogens is 729 g/mol. The van der Waals surface area contributed by atoms with Crippen molar-refractivity contribution in [3.8, 4) is 33.4 Å². The summed E-state index contributed by atoms with van der Waals surface area (Å²) < 4.78 is 12.0. The highest BCUT2D eigenvalue weighted by atomic mass is 32.1. The van der Waals surface area contributed by atoms with Gasteiger partial charge in [0.2, 0.25) is 0 Å². The van der Waals surface area contributed by atoms with Crippen LogP contribution in [0.15, 0.2) is 186 Å². The molecule has 0 spiro atoms. The van der Waals surface area contributed by atoms with Gasteiger partial charge in [0.25, 0.3) is 0 Å². The second-order valence-electron chi connectivity index (χ2n) is 15.1. The molecule has 0 aliphatic carbocycles. The lowest BCUT2D eigenvalue weighted by Crippen LogP contribution is -1.91. The minimum absolute atomic E-state index is 0.923. The fourth-order valence-corrected chi connectivity index (χ4v) is 11.8. The molecule has 3 heteroatoms. The van der Waals surface area contributed by atoms with Crippen LogP contribution < -0.4 is 0 Å². The number of thiophene rings is 2. The van der Waals surface area contributed by atoms with Gasteiger partial charge in [-0.25, -0.2) is 0 Å². The van der Waals surface area contributed by atoms with Gasteiger partial charge in [0, 0.05) is 51.1 Å². The Morgan fingerprint density at radius 3 is 1.47 bits per heavy atom. The summed E-state index contributed by atoms with van der Waals surface area (Å²) in [7, 11) is 0. The quantitative estimate of drug-likeness (QED) is 0.164. The smallest absolute Gasteiger partial charge is 0.136 e. The third-order valence-corrected chi connectivity index (χ3v) is 14.4. The summed E-state index contributed by atoms with van der Waals surface area (Å²) in [5.74, 6) is 0. The highest BCUT2D eigenvalue weighted by Gasteiger charge is 2.21. The summed E-state index contributed by atoms with van der Waals surface area (Å²) in [6.07, 6.45) is 0. The average molecular weight is 759 g/mol. The SMILES string of the molecule is c1ccc2c(c1)sc1ccc(-c3c4ccccc4c(-c4ccc(-c5cc6oc7ccc8sc9ccccc9c8c7c6c6ccccc56)cc4)c4ccccc34)cc12. The Labute approximate surface area is 335 Å². The van der Waals surface area contributed by atoms with Gasteiger partial charge in [-0.05, 0) is 108 Å². The second kappa shape index (κ2) is 11.9. The molecule has 0 bridgehead atoms. The Hall–Kier alpha value is -6.78. The van der Waals surface area contributed by atoms with Gasteiger partial charge >= 0.3 is 0 Å². The van der Waals surface area contributed by atoms with Crippen LogP contribution in [0.1, 0.15) is 0 Å². The van der Waals surface area contributed by atoms with Crippen LogP contribution in [-0.2, 0) is 0 Å². The average Bonchev–Trinajstić information content (AvgIpc) is 3.96. The normalized spacial score (nSPS) is 12.2. The maximum Gasteiger partial charge on any atom is 0.136 e. The van der Waals surface area contributed by atoms with E-state index in [4.69, 9.17) is 4.42 Å². The lowest BCUT2D eigenvalue weighted by molar-refractivity contribution is 0.669. The van der Waals surface area contributed by atoms with E-state index in [9.17, 15) is 0 Å². The lowest BCUT2D eigenvalue weighted by atomic mass is 9.85. The highest BCUT2D eigenvalue weighted by molar-refractivity contribution is 7.26. The number of hydrogen-bond donors (Lipinski definition) is 0. The van der Waals surface area contributed by atoms with E-state index in [0.29, 0.717) is 0 Å². The van der Waals surface area contributed by atoms with E-state index in [2.05, 4.69) is 182 Å². The maximum atomic E-state index is 6.73. The summed E-state index contributed by atoms with van der Waals surface area (Å²) in [5, 5.41) is 15.1. The van der Waals surface area contributed by atoms with E-state index < -0.39 is 0 Å². The van der Waals surface area contributed by atoms with Crippen molar-refractivity contribution in [2.75, 3.05) is 0 Å². The zero-order chi connectivity index (χ0) is 37.2. The van der Waals surface area contributed by atoms with Gasteiger partial charge in [0.05, 0.1) is 0 Å². The van der Waals surface area contributed by atoms with Crippen molar-refractivity contribution in [2.45, 2.75) is 0 Å². The Balaban J connectivity index is 1.00. The predicted molar refractivity (Wildman–Crippen MR) is 248 cm³/mol. The van der Waals surface area contributed by atoms with Crippen LogP contribution in [0.25, 0.3) is 128 Å². The zero-order valence-electron chi connectivity index (χ0n) is 30.5. The van der Waals surface area contributed by atoms with Crippen molar-refractivity contribution in [1.29, 1.82) is 0 Å². The van der Waals surface area contributed by atoms with Gasteiger partial charge in [-0.3, -0.25) is 0 Å². The van der Waals surface area contributed by atoms with E-state index in [1.165, 1.54) is 117 Å². The van der Waals surface area contributed by atoms with Crippen LogP contribution in [0.4, 0.5) is 0 Å². The Morgan fingerprint density at radius 2 is 0.772 bits per heavy atom. The minimum Gasteiger partial charge on any atom is -0.456 e. The molecule has 1 nitrogen and oxygen atoms in total. The Bertz CT molecular complexity index is 3750. The van der Waals surface area contributed by atoms with E-state index in [1.807, 2.05) is 22.7 Å². The summed E-state index contributed by atoms with van der Waals surface area (Å²) in [6, 6.07) is 67.1. The van der Waals surface area contributed by atoms with Crippen molar-refractivity contribution < 1.29 is 4.42 Å². The first-order chi connectivity index (χ1) is 28.3. The summed E-state index contributed by atoms with van der Waals surface area (Å²) in [4.78, 5) is 0. The van der Waals surface area contributed by atoms with Gasteiger partial charge in [0.1, 0.15) is 11.2 Å². The number of furan rings is 1. The largest absolute Gasteiger partial charge is 0.456 e. The molecule has 0 aliphatic heterocycles. The molecule has 13 aromatic rings. The first kappa shape index (κ1) is 31.4. The van der Waals surface area contributed by atoms with E-state index >= 15 is 0 Å². The van der Waals surface area contributed by atoms with Crippen LogP contribution in [0.5, 0.6) is 0 Å². The molecule has 0 fully saturated rings. The third kappa shape index (κ3) is 4.50. The van der Waals surface area contributed by atoms with Crippen molar-refractivity contribution in [3.63, 3.8) is 0 Å². The molecule has 0 radical (unpaired) electrons. The van der Waals surface area contributed by atoms with E-state index in [-0.39, 0.29) is 0 Å². The third-order valence-electron chi connectivity index (χ3n) is 12.1. The van der Waals surface area contributed by atoms with Crippen LogP contribution in [0.3, 0.4) is 0 Å². The van der Waals surface area contributed by atoms with Gasteiger partial charge in [0.15, 0.2) is 0 Å². The van der Waals surface area contributed by atoms with E-state index in [1.54, 1.807) is 0 Å². The van der Waals surface area contributed by atoms with Crippen LogP contribution >= 0.6 is 22.7 Å². The van der Waals surface area contributed by atoms with Gasteiger partial charge in [-0.1, -0.05) is 140 Å². The summed E-state index contributed by atoms with van der Waals surface area (Å²) >= 11 is 3.72. The predicted octanol–water partition coefficient (Wildman–Crippen LogP) is 16.8. The Morgan fingerprint density at radius 1 is 0.281 bits per heavy atom. The first-order valence-electron chi connectivity index (χ1n) is 19.4. The topological polar surface area (TPSA) is 13.1 Å². The van der Waals surface area contributed by atoms with E-state index in [0.717, 1.165) is 11.2 Å². The molecule has 264 valence electrons. The fourth-order valence-electron chi connectivity index (χ4n) is 9.62. The van der Waals surface area contributed by atoms with Crippen LogP contribution in [-0.4, -0.2) is 0 Å². The zero-order valence-corrected chi connectivity index (χ0v) is 32.2. The molecule has 57 heavy (non-hydrogen) atoms. The molecule has 10 aromatic carbocycles. The molecule has 13 rings (SSSR count). The second-order valence-corrected chi connectivity index (χ2v) is 17.3. The lowest BCUT2D eigenvalue weighted by Gasteiger charge is -2.18. The highest BCUT2D eigenvalue weighted by Crippen LogP contribution is 2.48. The molecule has 0 unspecified atom stereocenters. The summed E-state index contributed by atoms with van der Waals surface area (Å²) in [6.45, 7) is 0. The van der Waals surface area contributed by atoms with Crippen molar-refractivity contribution in [1.82, 2.24) is 0 Å². The van der Waals surface area contributed by atoms with Crippen molar-refractivity contribution >= 4 is 117 Å². The number of hydrogen-bond acceptors (Lipinski definition) is 3. The Kier molecular flexibility index (Phi) is 6.54. The minimum atomic E-state index is 0.923. The molecule has 3 heterocycles. The van der Waals surface area contributed by atoms with Crippen molar-refractivity contribution in [3.05, 3.63) is 182 Å². The fraction of sp³-hybridized carbons (Fsp3) is 0. The standard InChI is InChI=1S/C54H30OS2/c1-2-13-36-34(11-1)42(30-45-52(36)54-44(55-45)26-28-49-53(54)41-18-8-10-20-47(41)57-49)31-21-23-32(24-22-31)50-37-14-3-5-16-39(37)51(40-17-6-4-15-38(40)50)33-25-27-48-43(29-33)35-12-7-9-19-46(35)56-48/h1-30H. The number of rotatable bonds is 3. The molecule has 0 atom stereocenters. The maximum absolute atomic E-state index is 6.73. The molecule has 0 aliphatic rings. The summed E-state index contributed by atoms with van der Waals surface area (Å²) in [5.41, 5.74) is 9.22. The van der Waals surface area contributed by atoms with Gasteiger partial charge < -0.3 is 4.42 Å². The van der Waals surface area contributed by atoms with Crippen LogP contribution in [0.2, 0.25) is 0 Å². The molecule has 0 saturated carbocycles. The number of benzene rings is 10. The monoisotopic (exact) mass is 758 g/mol. The first-order valence-corrected chi connectivity index (χ1v) is 21.0. The molecule has 3 aromatic heterocycles. The molecule has 0 amide bonds. The van der Waals surface area contributed by atoms with Gasteiger partial charge in [-0.2, -0.15) is 0 Å². The van der Waals surface area contributed by atoms with Crippen molar-refractivity contribution in [2.24, 2.45) is 0 Å². The molecular formula is C54H30OS2.